The Morgan fingerprint density at radius 1 is 1.11 bits per heavy atom. The van der Waals surface area contributed by atoms with Crippen LogP contribution in [-0.2, 0) is 0 Å². The van der Waals surface area contributed by atoms with Gasteiger partial charge in [0.25, 0.3) is 0 Å². The average Bonchev–Trinajstić information content (AvgIpc) is 2.35. The number of Topliss-reactive ketones (excluding diaryl/α,β-unsaturated/α-hetero) is 1. The molecule has 0 spiro atoms. The molecule has 0 unspecified atom stereocenters. The molecule has 1 aromatic rings. The lowest BCUT2D eigenvalue weighted by Crippen LogP contribution is -2.35. The molecule has 0 bridgehead atoms. The number of likely N-dealkylation sites (N-methyl/N-ethyl adjacent to an activating group) is 1. The van der Waals surface area contributed by atoms with Crippen LogP contribution in [0.15, 0.2) is 24.3 Å². The predicted octanol–water partition coefficient (Wildman–Crippen LogP) is 3.72. The van der Waals surface area contributed by atoms with Gasteiger partial charge in [0, 0.05) is 11.6 Å². The third-order valence-corrected chi connectivity index (χ3v) is 3.38. The molecule has 0 aromatic heterocycles. The first kappa shape index (κ1) is 14.9. The van der Waals surface area contributed by atoms with Crippen molar-refractivity contribution in [1.29, 1.82) is 0 Å². The minimum Gasteiger partial charge on any atom is -0.294 e. The van der Waals surface area contributed by atoms with Gasteiger partial charge >= 0.3 is 0 Å². The maximum atomic E-state index is 12.2. The van der Waals surface area contributed by atoms with E-state index in [0.29, 0.717) is 18.5 Å². The molecule has 100 valence electrons. The van der Waals surface area contributed by atoms with Crippen molar-refractivity contribution in [3.05, 3.63) is 35.4 Å². The topological polar surface area (TPSA) is 20.3 Å². The second-order valence-electron chi connectivity index (χ2n) is 5.36. The molecule has 0 fully saturated rings. The average molecular weight is 247 g/mol. The second-order valence-corrected chi connectivity index (χ2v) is 5.36. The minimum atomic E-state index is 0.209. The molecular weight excluding hydrogens is 222 g/mol. The zero-order valence-corrected chi connectivity index (χ0v) is 12.2. The fourth-order valence-electron chi connectivity index (χ4n) is 1.99. The highest BCUT2D eigenvalue weighted by Gasteiger charge is 2.13. The quantitative estimate of drug-likeness (QED) is 0.714. The summed E-state index contributed by atoms with van der Waals surface area (Å²) in [6.07, 6.45) is 0. The highest BCUT2D eigenvalue weighted by molar-refractivity contribution is 5.97. The van der Waals surface area contributed by atoms with Crippen molar-refractivity contribution in [2.45, 2.75) is 46.6 Å². The van der Waals surface area contributed by atoms with E-state index in [2.05, 4.69) is 51.7 Å². The molecule has 2 heteroatoms. The van der Waals surface area contributed by atoms with Gasteiger partial charge in [-0.05, 0) is 31.9 Å². The fraction of sp³-hybridized carbons (Fsp3) is 0.562. The molecule has 0 radical (unpaired) electrons. The Labute approximate surface area is 111 Å². The van der Waals surface area contributed by atoms with Crippen molar-refractivity contribution in [3.8, 4) is 0 Å². The van der Waals surface area contributed by atoms with Gasteiger partial charge in [-0.15, -0.1) is 0 Å². The lowest BCUT2D eigenvalue weighted by molar-refractivity contribution is 0.0911. The van der Waals surface area contributed by atoms with Gasteiger partial charge in [-0.2, -0.15) is 0 Å². The molecule has 0 saturated heterocycles. The minimum absolute atomic E-state index is 0.209. The Morgan fingerprint density at radius 3 is 2.06 bits per heavy atom. The van der Waals surface area contributed by atoms with Crippen molar-refractivity contribution in [2.24, 2.45) is 0 Å². The number of hydrogen-bond acceptors (Lipinski definition) is 2. The van der Waals surface area contributed by atoms with Gasteiger partial charge < -0.3 is 0 Å². The number of carbonyl (C=O) groups excluding carboxylic acids is 1. The summed E-state index contributed by atoms with van der Waals surface area (Å²) in [5.41, 5.74) is 2.10. The first-order valence-electron chi connectivity index (χ1n) is 6.82. The van der Waals surface area contributed by atoms with Crippen molar-refractivity contribution >= 4 is 5.78 Å². The molecule has 1 aromatic carbocycles. The number of carbonyl (C=O) groups is 1. The van der Waals surface area contributed by atoms with Crippen LogP contribution in [0.4, 0.5) is 0 Å². The summed E-state index contributed by atoms with van der Waals surface area (Å²) >= 11 is 0. The lowest BCUT2D eigenvalue weighted by Gasteiger charge is -2.23. The summed E-state index contributed by atoms with van der Waals surface area (Å²) < 4.78 is 0. The van der Waals surface area contributed by atoms with Crippen molar-refractivity contribution in [3.63, 3.8) is 0 Å². The molecule has 2 nitrogen and oxygen atoms in total. The standard InChI is InChI=1S/C16H25NO/c1-6-17(13(4)5)11-16(18)15-9-7-14(8-10-15)12(2)3/h7-10,12-13H,6,11H2,1-5H3. The fourth-order valence-corrected chi connectivity index (χ4v) is 1.99. The lowest BCUT2D eigenvalue weighted by atomic mass is 10.0. The maximum Gasteiger partial charge on any atom is 0.176 e. The van der Waals surface area contributed by atoms with E-state index in [1.165, 1.54) is 5.56 Å². The molecular formula is C16H25NO. The van der Waals surface area contributed by atoms with Gasteiger partial charge in [-0.1, -0.05) is 45.0 Å². The number of hydrogen-bond donors (Lipinski definition) is 0. The zero-order valence-electron chi connectivity index (χ0n) is 12.2. The molecule has 0 saturated carbocycles. The molecule has 0 atom stereocenters. The highest BCUT2D eigenvalue weighted by Crippen LogP contribution is 2.15. The Kier molecular flexibility index (Phi) is 5.54. The van der Waals surface area contributed by atoms with E-state index in [1.54, 1.807) is 0 Å². The van der Waals surface area contributed by atoms with Gasteiger partial charge in [-0.3, -0.25) is 9.69 Å². The molecule has 1 rings (SSSR count). The summed E-state index contributed by atoms with van der Waals surface area (Å²) in [4.78, 5) is 14.3. The van der Waals surface area contributed by atoms with E-state index in [4.69, 9.17) is 0 Å². The first-order chi connectivity index (χ1) is 8.45. The van der Waals surface area contributed by atoms with Gasteiger partial charge in [-0.25, -0.2) is 0 Å². The molecule has 0 amide bonds. The monoisotopic (exact) mass is 247 g/mol. The largest absolute Gasteiger partial charge is 0.294 e. The normalized spacial score (nSPS) is 11.6. The molecule has 0 N–H and O–H groups in total. The Bertz CT molecular complexity index is 379. The van der Waals surface area contributed by atoms with Crippen LogP contribution in [0.25, 0.3) is 0 Å². The number of rotatable bonds is 6. The van der Waals surface area contributed by atoms with Crippen LogP contribution in [0, 0.1) is 0 Å². The van der Waals surface area contributed by atoms with Gasteiger partial charge in [0.15, 0.2) is 5.78 Å². The van der Waals surface area contributed by atoms with Crippen LogP contribution in [0.5, 0.6) is 0 Å². The maximum absolute atomic E-state index is 12.2. The Morgan fingerprint density at radius 2 is 1.67 bits per heavy atom. The second kappa shape index (κ2) is 6.69. The summed E-state index contributed by atoms with van der Waals surface area (Å²) in [5.74, 6) is 0.720. The molecule has 18 heavy (non-hydrogen) atoms. The SMILES string of the molecule is CCN(CC(=O)c1ccc(C(C)C)cc1)C(C)C. The summed E-state index contributed by atoms with van der Waals surface area (Å²) in [5, 5.41) is 0. The van der Waals surface area contributed by atoms with E-state index in [-0.39, 0.29) is 5.78 Å². The van der Waals surface area contributed by atoms with Crippen molar-refractivity contribution in [2.75, 3.05) is 13.1 Å². The van der Waals surface area contributed by atoms with E-state index in [9.17, 15) is 4.79 Å². The number of nitrogens with zero attached hydrogens (tertiary/aromatic N) is 1. The summed E-state index contributed by atoms with van der Waals surface area (Å²) in [7, 11) is 0. The van der Waals surface area contributed by atoms with E-state index in [1.807, 2.05) is 12.1 Å². The Balaban J connectivity index is 2.72. The van der Waals surface area contributed by atoms with Gasteiger partial charge in [0.2, 0.25) is 0 Å². The third-order valence-electron chi connectivity index (χ3n) is 3.38. The van der Waals surface area contributed by atoms with E-state index >= 15 is 0 Å². The molecule has 0 aliphatic carbocycles. The van der Waals surface area contributed by atoms with Crippen molar-refractivity contribution in [1.82, 2.24) is 4.90 Å². The molecule has 0 aliphatic heterocycles. The van der Waals surface area contributed by atoms with Gasteiger partial charge in [0.1, 0.15) is 0 Å². The first-order valence-corrected chi connectivity index (χ1v) is 6.82. The van der Waals surface area contributed by atoms with Crippen LogP contribution in [0.2, 0.25) is 0 Å². The van der Waals surface area contributed by atoms with Crippen LogP contribution in [0.3, 0.4) is 0 Å². The summed E-state index contributed by atoms with van der Waals surface area (Å²) in [6.45, 7) is 12.1. The van der Waals surface area contributed by atoms with Crippen LogP contribution < -0.4 is 0 Å². The van der Waals surface area contributed by atoms with E-state index in [0.717, 1.165) is 12.1 Å². The molecule has 0 aliphatic rings. The number of benzene rings is 1. The van der Waals surface area contributed by atoms with E-state index < -0.39 is 0 Å². The van der Waals surface area contributed by atoms with Crippen LogP contribution in [0.1, 0.15) is 56.5 Å². The smallest absolute Gasteiger partial charge is 0.176 e. The predicted molar refractivity (Wildman–Crippen MR) is 77.2 cm³/mol. The third kappa shape index (κ3) is 3.95. The Hall–Kier alpha value is -1.15. The summed E-state index contributed by atoms with van der Waals surface area (Å²) in [6, 6.07) is 8.43. The number of ketones is 1. The van der Waals surface area contributed by atoms with Crippen molar-refractivity contribution < 1.29 is 4.79 Å². The van der Waals surface area contributed by atoms with Gasteiger partial charge in [0.05, 0.1) is 6.54 Å². The van der Waals surface area contributed by atoms with Crippen LogP contribution in [-0.4, -0.2) is 29.8 Å². The van der Waals surface area contributed by atoms with Crippen LogP contribution >= 0.6 is 0 Å². The highest BCUT2D eigenvalue weighted by atomic mass is 16.1. The molecule has 0 heterocycles. The zero-order chi connectivity index (χ0) is 13.7.